The Morgan fingerprint density at radius 2 is 2.44 bits per heavy atom. The lowest BCUT2D eigenvalue weighted by Crippen LogP contribution is -2.39. The van der Waals surface area contributed by atoms with Crippen molar-refractivity contribution >= 4 is 5.69 Å². The molecule has 1 fully saturated rings. The van der Waals surface area contributed by atoms with Crippen molar-refractivity contribution in [1.29, 1.82) is 0 Å². The van der Waals surface area contributed by atoms with E-state index >= 15 is 0 Å². The van der Waals surface area contributed by atoms with Crippen LogP contribution in [0.25, 0.3) is 0 Å². The molecular formula is C12H22N4. The Balaban J connectivity index is 1.87. The molecule has 0 aromatic carbocycles. The normalized spacial score (nSPS) is 21.0. The van der Waals surface area contributed by atoms with Crippen LogP contribution in [0.2, 0.25) is 0 Å². The summed E-state index contributed by atoms with van der Waals surface area (Å²) >= 11 is 0. The van der Waals surface area contributed by atoms with Gasteiger partial charge in [0.2, 0.25) is 0 Å². The van der Waals surface area contributed by atoms with Crippen LogP contribution >= 0.6 is 0 Å². The van der Waals surface area contributed by atoms with Gasteiger partial charge in [0.15, 0.2) is 0 Å². The van der Waals surface area contributed by atoms with Gasteiger partial charge >= 0.3 is 0 Å². The fourth-order valence-corrected chi connectivity index (χ4v) is 2.27. The number of anilines is 1. The first-order valence-corrected chi connectivity index (χ1v) is 6.29. The van der Waals surface area contributed by atoms with Crippen LogP contribution in [0, 0.1) is 0 Å². The third kappa shape index (κ3) is 2.76. The molecule has 1 aromatic rings. The van der Waals surface area contributed by atoms with Gasteiger partial charge in [0.05, 0.1) is 11.4 Å². The summed E-state index contributed by atoms with van der Waals surface area (Å²) in [5.74, 6) is 0. The predicted octanol–water partition coefficient (Wildman–Crippen LogP) is 1.54. The Kier molecular flexibility index (Phi) is 3.83. The van der Waals surface area contributed by atoms with E-state index in [9.17, 15) is 0 Å². The standard InChI is InChI=1S/C12H22N4/c1-3-11-12(9-16(2)15-11)14-8-10-6-4-5-7-13-10/h9-10,13-14H,3-8H2,1-2H3. The second-order valence-corrected chi connectivity index (χ2v) is 4.54. The second kappa shape index (κ2) is 5.34. The Hall–Kier alpha value is -1.03. The molecule has 0 bridgehead atoms. The van der Waals surface area contributed by atoms with E-state index in [-0.39, 0.29) is 0 Å². The average Bonchev–Trinajstić information content (AvgIpc) is 2.68. The van der Waals surface area contributed by atoms with Crippen molar-refractivity contribution in [2.45, 2.75) is 38.6 Å². The minimum atomic E-state index is 0.624. The topological polar surface area (TPSA) is 41.9 Å². The fourth-order valence-electron chi connectivity index (χ4n) is 2.27. The van der Waals surface area contributed by atoms with Gasteiger partial charge in [-0.15, -0.1) is 0 Å². The molecular weight excluding hydrogens is 200 g/mol. The summed E-state index contributed by atoms with van der Waals surface area (Å²) in [4.78, 5) is 0. The van der Waals surface area contributed by atoms with Gasteiger partial charge in [-0.2, -0.15) is 5.10 Å². The van der Waals surface area contributed by atoms with Crippen molar-refractivity contribution in [3.8, 4) is 0 Å². The molecule has 1 aromatic heterocycles. The van der Waals surface area contributed by atoms with E-state index in [0.717, 1.165) is 13.0 Å². The van der Waals surface area contributed by atoms with Gasteiger partial charge in [0.25, 0.3) is 0 Å². The highest BCUT2D eigenvalue weighted by Gasteiger charge is 2.13. The molecule has 1 saturated heterocycles. The number of hydrogen-bond acceptors (Lipinski definition) is 3. The van der Waals surface area contributed by atoms with E-state index in [2.05, 4.69) is 28.9 Å². The summed E-state index contributed by atoms with van der Waals surface area (Å²) in [6, 6.07) is 0.624. The summed E-state index contributed by atoms with van der Waals surface area (Å²) in [6.07, 6.45) is 7.02. The van der Waals surface area contributed by atoms with E-state index in [1.807, 2.05) is 11.7 Å². The van der Waals surface area contributed by atoms with Crippen molar-refractivity contribution in [3.05, 3.63) is 11.9 Å². The van der Waals surface area contributed by atoms with Crippen LogP contribution in [0.4, 0.5) is 5.69 Å². The summed E-state index contributed by atoms with van der Waals surface area (Å²) in [5.41, 5.74) is 2.36. The summed E-state index contributed by atoms with van der Waals surface area (Å²) in [7, 11) is 1.98. The molecule has 2 N–H and O–H groups in total. The van der Waals surface area contributed by atoms with Gasteiger partial charge in [0.1, 0.15) is 0 Å². The predicted molar refractivity (Wildman–Crippen MR) is 66.7 cm³/mol. The number of hydrogen-bond donors (Lipinski definition) is 2. The lowest BCUT2D eigenvalue weighted by Gasteiger charge is -2.23. The van der Waals surface area contributed by atoms with Crippen LogP contribution in [-0.4, -0.2) is 28.9 Å². The number of aryl methyl sites for hydroxylation is 2. The molecule has 2 heterocycles. The summed E-state index contributed by atoms with van der Waals surface area (Å²) < 4.78 is 1.88. The van der Waals surface area contributed by atoms with Gasteiger partial charge in [-0.25, -0.2) is 0 Å². The maximum absolute atomic E-state index is 4.43. The van der Waals surface area contributed by atoms with E-state index in [1.54, 1.807) is 0 Å². The van der Waals surface area contributed by atoms with Crippen LogP contribution in [0.3, 0.4) is 0 Å². The zero-order chi connectivity index (χ0) is 11.4. The Labute approximate surface area is 97.4 Å². The SMILES string of the molecule is CCc1nn(C)cc1NCC1CCCCN1. The number of aromatic nitrogens is 2. The van der Waals surface area contributed by atoms with Gasteiger partial charge < -0.3 is 10.6 Å². The van der Waals surface area contributed by atoms with E-state index < -0.39 is 0 Å². The first-order valence-electron chi connectivity index (χ1n) is 6.29. The molecule has 1 unspecified atom stereocenters. The first kappa shape index (κ1) is 11.5. The molecule has 0 amide bonds. The first-order chi connectivity index (χ1) is 7.79. The zero-order valence-corrected chi connectivity index (χ0v) is 10.3. The molecule has 1 aliphatic rings. The molecule has 16 heavy (non-hydrogen) atoms. The van der Waals surface area contributed by atoms with Crippen LogP contribution in [0.5, 0.6) is 0 Å². The van der Waals surface area contributed by atoms with Gasteiger partial charge in [-0.05, 0) is 25.8 Å². The monoisotopic (exact) mass is 222 g/mol. The third-order valence-corrected chi connectivity index (χ3v) is 3.19. The Morgan fingerprint density at radius 1 is 1.56 bits per heavy atom. The molecule has 4 nitrogen and oxygen atoms in total. The van der Waals surface area contributed by atoms with Crippen molar-refractivity contribution in [1.82, 2.24) is 15.1 Å². The number of rotatable bonds is 4. The highest BCUT2D eigenvalue weighted by atomic mass is 15.3. The van der Waals surface area contributed by atoms with E-state index in [0.29, 0.717) is 6.04 Å². The van der Waals surface area contributed by atoms with Gasteiger partial charge in [-0.3, -0.25) is 4.68 Å². The maximum atomic E-state index is 4.43. The maximum Gasteiger partial charge on any atom is 0.0853 e. The molecule has 90 valence electrons. The van der Waals surface area contributed by atoms with E-state index in [4.69, 9.17) is 0 Å². The van der Waals surface area contributed by atoms with Crippen molar-refractivity contribution in [3.63, 3.8) is 0 Å². The minimum Gasteiger partial charge on any atom is -0.381 e. The van der Waals surface area contributed by atoms with Crippen molar-refractivity contribution in [2.24, 2.45) is 7.05 Å². The quantitative estimate of drug-likeness (QED) is 0.812. The number of nitrogens with zero attached hydrogens (tertiary/aromatic N) is 2. The van der Waals surface area contributed by atoms with Crippen LogP contribution in [0.15, 0.2) is 6.20 Å². The Morgan fingerprint density at radius 3 is 3.12 bits per heavy atom. The average molecular weight is 222 g/mol. The summed E-state index contributed by atoms with van der Waals surface area (Å²) in [6.45, 7) is 4.32. The molecule has 0 saturated carbocycles. The Bertz CT molecular complexity index is 326. The smallest absolute Gasteiger partial charge is 0.0853 e. The highest BCUT2D eigenvalue weighted by Crippen LogP contribution is 2.14. The van der Waals surface area contributed by atoms with E-state index in [1.165, 1.54) is 37.2 Å². The summed E-state index contributed by atoms with van der Waals surface area (Å²) in [5, 5.41) is 11.5. The van der Waals surface area contributed by atoms with Crippen LogP contribution in [0.1, 0.15) is 31.9 Å². The molecule has 2 rings (SSSR count). The molecule has 4 heteroatoms. The second-order valence-electron chi connectivity index (χ2n) is 4.54. The van der Waals surface area contributed by atoms with Gasteiger partial charge in [0, 0.05) is 25.8 Å². The van der Waals surface area contributed by atoms with Gasteiger partial charge in [-0.1, -0.05) is 13.3 Å². The number of piperidine rings is 1. The molecule has 0 radical (unpaired) electrons. The van der Waals surface area contributed by atoms with Crippen molar-refractivity contribution < 1.29 is 0 Å². The van der Waals surface area contributed by atoms with Crippen molar-refractivity contribution in [2.75, 3.05) is 18.4 Å². The zero-order valence-electron chi connectivity index (χ0n) is 10.3. The minimum absolute atomic E-state index is 0.624. The molecule has 1 aliphatic heterocycles. The largest absolute Gasteiger partial charge is 0.381 e. The third-order valence-electron chi connectivity index (χ3n) is 3.19. The molecule has 0 aliphatic carbocycles. The lowest BCUT2D eigenvalue weighted by atomic mass is 10.1. The molecule has 1 atom stereocenters. The fraction of sp³-hybridized carbons (Fsp3) is 0.750. The molecule has 0 spiro atoms. The van der Waals surface area contributed by atoms with Crippen LogP contribution < -0.4 is 10.6 Å². The lowest BCUT2D eigenvalue weighted by molar-refractivity contribution is 0.414. The number of nitrogens with one attached hydrogen (secondary N) is 2. The van der Waals surface area contributed by atoms with Crippen LogP contribution in [-0.2, 0) is 13.5 Å². The highest BCUT2D eigenvalue weighted by molar-refractivity contribution is 5.46.